The highest BCUT2D eigenvalue weighted by Crippen LogP contribution is 2.22. The average Bonchev–Trinajstić information content (AvgIpc) is 2.35. The number of aromatic carboxylic acids is 1. The Morgan fingerprint density at radius 3 is 2.74 bits per heavy atom. The Kier molecular flexibility index (Phi) is 5.57. The molecule has 0 heterocycles. The summed E-state index contributed by atoms with van der Waals surface area (Å²) in [7, 11) is 0. The van der Waals surface area contributed by atoms with Crippen LogP contribution in [0.1, 0.15) is 17.3 Å². The molecule has 0 bridgehead atoms. The van der Waals surface area contributed by atoms with E-state index in [9.17, 15) is 9.59 Å². The molecule has 5 nitrogen and oxygen atoms in total. The lowest BCUT2D eigenvalue weighted by Gasteiger charge is -2.20. The van der Waals surface area contributed by atoms with Gasteiger partial charge in [0.2, 0.25) is 0 Å². The van der Waals surface area contributed by atoms with Crippen molar-refractivity contribution in [2.24, 2.45) is 0 Å². The molecular formula is C13H15BrN2O3. The number of carbonyl (C=O) groups is 2. The van der Waals surface area contributed by atoms with Gasteiger partial charge in [-0.05, 0) is 25.1 Å². The first kappa shape index (κ1) is 15.2. The second kappa shape index (κ2) is 6.94. The molecule has 2 N–H and O–H groups in total. The van der Waals surface area contributed by atoms with E-state index in [-0.39, 0.29) is 17.3 Å². The third-order valence-corrected chi connectivity index (χ3v) is 2.97. The molecule has 0 atom stereocenters. The number of nitrogens with zero attached hydrogens (tertiary/aromatic N) is 1. The molecule has 1 rings (SSSR count). The highest BCUT2D eigenvalue weighted by molar-refractivity contribution is 9.10. The highest BCUT2D eigenvalue weighted by Gasteiger charge is 2.15. The van der Waals surface area contributed by atoms with Crippen LogP contribution in [0.2, 0.25) is 0 Å². The maximum absolute atomic E-state index is 12.0. The molecule has 1 aromatic rings. The van der Waals surface area contributed by atoms with Crippen molar-refractivity contribution in [2.75, 3.05) is 18.4 Å². The van der Waals surface area contributed by atoms with E-state index in [1.807, 2.05) is 6.92 Å². The Labute approximate surface area is 120 Å². The van der Waals surface area contributed by atoms with Crippen LogP contribution in [-0.4, -0.2) is 35.1 Å². The van der Waals surface area contributed by atoms with Crippen molar-refractivity contribution in [1.29, 1.82) is 0 Å². The fraction of sp³-hybridized carbons (Fsp3) is 0.231. The van der Waals surface area contributed by atoms with Crippen LogP contribution in [0.5, 0.6) is 0 Å². The van der Waals surface area contributed by atoms with Crippen molar-refractivity contribution >= 4 is 33.6 Å². The fourth-order valence-electron chi connectivity index (χ4n) is 1.51. The summed E-state index contributed by atoms with van der Waals surface area (Å²) in [6.07, 6.45) is 1.61. The standard InChI is InChI=1S/C13H15BrN2O3/c1-3-7-16(4-2)13(19)15-11-8-9(14)5-6-10(11)12(17)18/h3,5-6,8H,1,4,7H2,2H3,(H,15,19)(H,17,18). The number of carboxylic acids is 1. The van der Waals surface area contributed by atoms with Crippen LogP contribution < -0.4 is 5.32 Å². The Bertz CT molecular complexity index is 503. The van der Waals surface area contributed by atoms with Gasteiger partial charge in [0.1, 0.15) is 0 Å². The number of carbonyl (C=O) groups excluding carboxylic acids is 1. The van der Waals surface area contributed by atoms with Crippen LogP contribution in [0.3, 0.4) is 0 Å². The van der Waals surface area contributed by atoms with Gasteiger partial charge < -0.3 is 15.3 Å². The number of carboxylic acid groups (broad SMARTS) is 1. The van der Waals surface area contributed by atoms with E-state index in [2.05, 4.69) is 27.8 Å². The quantitative estimate of drug-likeness (QED) is 0.816. The number of nitrogens with one attached hydrogen (secondary N) is 1. The predicted molar refractivity (Wildman–Crippen MR) is 77.6 cm³/mol. The molecule has 102 valence electrons. The van der Waals surface area contributed by atoms with Crippen LogP contribution in [0, 0.1) is 0 Å². The van der Waals surface area contributed by atoms with E-state index >= 15 is 0 Å². The van der Waals surface area contributed by atoms with Gasteiger partial charge in [0.15, 0.2) is 0 Å². The Hall–Kier alpha value is -1.82. The largest absolute Gasteiger partial charge is 0.478 e. The lowest BCUT2D eigenvalue weighted by molar-refractivity contribution is 0.0698. The lowest BCUT2D eigenvalue weighted by atomic mass is 10.2. The summed E-state index contributed by atoms with van der Waals surface area (Å²) in [5, 5.41) is 11.7. The molecule has 1 aromatic carbocycles. The van der Waals surface area contributed by atoms with Gasteiger partial charge in [0.05, 0.1) is 11.3 Å². The molecule has 0 aromatic heterocycles. The molecule has 0 aliphatic rings. The van der Waals surface area contributed by atoms with E-state index in [1.54, 1.807) is 18.2 Å². The van der Waals surface area contributed by atoms with Gasteiger partial charge in [-0.3, -0.25) is 0 Å². The van der Waals surface area contributed by atoms with Crippen molar-refractivity contribution < 1.29 is 14.7 Å². The molecule has 0 aliphatic carbocycles. The number of halogens is 1. The van der Waals surface area contributed by atoms with Crippen molar-refractivity contribution in [3.05, 3.63) is 40.9 Å². The molecule has 0 radical (unpaired) electrons. The summed E-state index contributed by atoms with van der Waals surface area (Å²) in [4.78, 5) is 24.6. The maximum Gasteiger partial charge on any atom is 0.337 e. The lowest BCUT2D eigenvalue weighted by Crippen LogP contribution is -2.35. The Morgan fingerprint density at radius 1 is 1.53 bits per heavy atom. The Morgan fingerprint density at radius 2 is 2.21 bits per heavy atom. The van der Waals surface area contributed by atoms with Gasteiger partial charge in [0, 0.05) is 17.6 Å². The van der Waals surface area contributed by atoms with E-state index in [4.69, 9.17) is 5.11 Å². The number of rotatable bonds is 5. The highest BCUT2D eigenvalue weighted by atomic mass is 79.9. The molecule has 0 unspecified atom stereocenters. The molecule has 0 spiro atoms. The van der Waals surface area contributed by atoms with Gasteiger partial charge in [-0.1, -0.05) is 22.0 Å². The van der Waals surface area contributed by atoms with E-state index in [0.29, 0.717) is 17.6 Å². The first-order chi connectivity index (χ1) is 8.99. The van der Waals surface area contributed by atoms with E-state index in [0.717, 1.165) is 0 Å². The number of anilines is 1. The van der Waals surface area contributed by atoms with Crippen molar-refractivity contribution in [2.45, 2.75) is 6.92 Å². The topological polar surface area (TPSA) is 69.6 Å². The zero-order valence-electron chi connectivity index (χ0n) is 10.5. The second-order valence-corrected chi connectivity index (χ2v) is 4.67. The monoisotopic (exact) mass is 326 g/mol. The SMILES string of the molecule is C=CCN(CC)C(=O)Nc1cc(Br)ccc1C(=O)O. The van der Waals surface area contributed by atoms with Crippen LogP contribution in [-0.2, 0) is 0 Å². The summed E-state index contributed by atoms with van der Waals surface area (Å²) in [5.74, 6) is -1.09. The Balaban J connectivity index is 2.97. The summed E-state index contributed by atoms with van der Waals surface area (Å²) in [6.45, 7) is 6.32. The number of amides is 2. The van der Waals surface area contributed by atoms with Gasteiger partial charge in [-0.15, -0.1) is 6.58 Å². The maximum atomic E-state index is 12.0. The number of hydrogen-bond donors (Lipinski definition) is 2. The van der Waals surface area contributed by atoms with Crippen LogP contribution in [0.15, 0.2) is 35.3 Å². The van der Waals surface area contributed by atoms with Crippen molar-refractivity contribution in [3.63, 3.8) is 0 Å². The van der Waals surface area contributed by atoms with Crippen LogP contribution in [0.4, 0.5) is 10.5 Å². The molecule has 19 heavy (non-hydrogen) atoms. The van der Waals surface area contributed by atoms with Crippen LogP contribution in [0.25, 0.3) is 0 Å². The van der Waals surface area contributed by atoms with E-state index in [1.165, 1.54) is 11.0 Å². The molecular weight excluding hydrogens is 312 g/mol. The fourth-order valence-corrected chi connectivity index (χ4v) is 1.87. The molecule has 6 heteroatoms. The summed E-state index contributed by atoms with van der Waals surface area (Å²) >= 11 is 3.25. The third kappa shape index (κ3) is 4.10. The first-order valence-electron chi connectivity index (χ1n) is 5.69. The molecule has 0 fully saturated rings. The molecule has 2 amide bonds. The van der Waals surface area contributed by atoms with E-state index < -0.39 is 5.97 Å². The minimum Gasteiger partial charge on any atom is -0.478 e. The third-order valence-electron chi connectivity index (χ3n) is 2.47. The molecule has 0 saturated carbocycles. The summed E-state index contributed by atoms with van der Waals surface area (Å²) in [6, 6.07) is 4.25. The number of benzene rings is 1. The molecule has 0 aliphatic heterocycles. The zero-order valence-corrected chi connectivity index (χ0v) is 12.1. The summed E-state index contributed by atoms with van der Waals surface area (Å²) in [5.41, 5.74) is 0.306. The second-order valence-electron chi connectivity index (χ2n) is 3.75. The minimum absolute atomic E-state index is 0.0474. The van der Waals surface area contributed by atoms with Gasteiger partial charge >= 0.3 is 12.0 Å². The summed E-state index contributed by atoms with van der Waals surface area (Å²) < 4.78 is 0.694. The number of urea groups is 1. The smallest absolute Gasteiger partial charge is 0.337 e. The van der Waals surface area contributed by atoms with Gasteiger partial charge in [-0.25, -0.2) is 9.59 Å². The van der Waals surface area contributed by atoms with Crippen molar-refractivity contribution in [1.82, 2.24) is 4.90 Å². The van der Waals surface area contributed by atoms with Gasteiger partial charge in [0.25, 0.3) is 0 Å². The molecule has 0 saturated heterocycles. The van der Waals surface area contributed by atoms with Crippen molar-refractivity contribution in [3.8, 4) is 0 Å². The number of hydrogen-bond acceptors (Lipinski definition) is 2. The minimum atomic E-state index is -1.09. The first-order valence-corrected chi connectivity index (χ1v) is 6.48. The number of likely N-dealkylation sites (N-methyl/N-ethyl adjacent to an activating group) is 1. The zero-order chi connectivity index (χ0) is 14.4. The van der Waals surface area contributed by atoms with Gasteiger partial charge in [-0.2, -0.15) is 0 Å². The van der Waals surface area contributed by atoms with Crippen LogP contribution >= 0.6 is 15.9 Å². The normalized spacial score (nSPS) is 9.79. The predicted octanol–water partition coefficient (Wildman–Crippen LogP) is 3.19. The average molecular weight is 327 g/mol.